The normalized spacial score (nSPS) is 15.1. The minimum absolute atomic E-state index is 0.144. The highest BCUT2D eigenvalue weighted by molar-refractivity contribution is 6.34. The highest BCUT2D eigenvalue weighted by atomic mass is 35.5. The Bertz CT molecular complexity index is 383. The summed E-state index contributed by atoms with van der Waals surface area (Å²) in [5.41, 5.74) is 0.615. The molecule has 0 amide bonds. The molecule has 2 rings (SSSR count). The summed E-state index contributed by atoms with van der Waals surface area (Å²) in [6, 6.07) is 5.19. The molecule has 0 N–H and O–H groups in total. The third-order valence-corrected chi connectivity index (χ3v) is 2.96. The van der Waals surface area contributed by atoms with Crippen molar-refractivity contribution in [2.75, 3.05) is 7.11 Å². The largest absolute Gasteiger partial charge is 0.497 e. The van der Waals surface area contributed by atoms with Gasteiger partial charge in [-0.05, 0) is 37.0 Å². The molecular formula is C12H13ClO2. The summed E-state index contributed by atoms with van der Waals surface area (Å²) in [6.45, 7) is 0. The van der Waals surface area contributed by atoms with E-state index in [1.807, 2.05) is 0 Å². The molecule has 1 aromatic carbocycles. The quantitative estimate of drug-likeness (QED) is 0.734. The van der Waals surface area contributed by atoms with Crippen molar-refractivity contribution >= 4 is 17.4 Å². The molecule has 1 aliphatic carbocycles. The minimum atomic E-state index is 0.144. The molecule has 0 aliphatic heterocycles. The smallest absolute Gasteiger partial charge is 0.164 e. The molecule has 0 unspecified atom stereocenters. The van der Waals surface area contributed by atoms with Crippen LogP contribution >= 0.6 is 11.6 Å². The van der Waals surface area contributed by atoms with Crippen LogP contribution in [0, 0.1) is 5.92 Å². The molecule has 0 aromatic heterocycles. The van der Waals surface area contributed by atoms with E-state index in [9.17, 15) is 4.79 Å². The van der Waals surface area contributed by atoms with Gasteiger partial charge in [0.1, 0.15) is 5.75 Å². The number of ether oxygens (including phenoxy) is 1. The Morgan fingerprint density at radius 3 is 2.80 bits per heavy atom. The molecule has 80 valence electrons. The first kappa shape index (κ1) is 10.5. The van der Waals surface area contributed by atoms with E-state index < -0.39 is 0 Å². The summed E-state index contributed by atoms with van der Waals surface area (Å²) in [6.07, 6.45) is 2.99. The lowest BCUT2D eigenvalue weighted by Gasteiger charge is -2.05. The van der Waals surface area contributed by atoms with Gasteiger partial charge < -0.3 is 4.74 Å². The number of halogens is 1. The second kappa shape index (κ2) is 4.23. The summed E-state index contributed by atoms with van der Waals surface area (Å²) < 4.78 is 5.03. The average molecular weight is 225 g/mol. The highest BCUT2D eigenvalue weighted by Gasteiger charge is 2.25. The van der Waals surface area contributed by atoms with E-state index in [1.54, 1.807) is 25.3 Å². The van der Waals surface area contributed by atoms with Crippen LogP contribution in [0.2, 0.25) is 5.02 Å². The first-order chi connectivity index (χ1) is 7.20. The lowest BCUT2D eigenvalue weighted by molar-refractivity contribution is 0.0976. The van der Waals surface area contributed by atoms with E-state index >= 15 is 0 Å². The second-order valence-electron chi connectivity index (χ2n) is 3.92. The Hall–Kier alpha value is -1.02. The van der Waals surface area contributed by atoms with Crippen LogP contribution in [0.1, 0.15) is 29.6 Å². The van der Waals surface area contributed by atoms with E-state index in [4.69, 9.17) is 16.3 Å². The molecule has 0 saturated heterocycles. The molecule has 15 heavy (non-hydrogen) atoms. The van der Waals surface area contributed by atoms with Gasteiger partial charge in [-0.25, -0.2) is 0 Å². The maximum atomic E-state index is 11.8. The van der Waals surface area contributed by atoms with E-state index in [2.05, 4.69) is 0 Å². The van der Waals surface area contributed by atoms with Crippen molar-refractivity contribution in [3.8, 4) is 5.75 Å². The third kappa shape index (κ3) is 2.51. The van der Waals surface area contributed by atoms with Crippen molar-refractivity contribution in [3.63, 3.8) is 0 Å². The van der Waals surface area contributed by atoms with Gasteiger partial charge in [0.05, 0.1) is 12.1 Å². The van der Waals surface area contributed by atoms with Crippen LogP contribution in [-0.2, 0) is 0 Å². The van der Waals surface area contributed by atoms with Crippen molar-refractivity contribution in [1.82, 2.24) is 0 Å². The first-order valence-electron chi connectivity index (χ1n) is 5.07. The molecule has 1 aliphatic rings. The zero-order chi connectivity index (χ0) is 10.8. The SMILES string of the molecule is COc1ccc(C(=O)CC2CC2)c(Cl)c1. The molecule has 0 heterocycles. The topological polar surface area (TPSA) is 26.3 Å². The van der Waals surface area contributed by atoms with Crippen molar-refractivity contribution in [2.24, 2.45) is 5.92 Å². The fraction of sp³-hybridized carbons (Fsp3) is 0.417. The standard InChI is InChI=1S/C12H13ClO2/c1-15-9-4-5-10(11(13)7-9)12(14)6-8-2-3-8/h4-5,7-8H,2-3,6H2,1H3. The Balaban J connectivity index is 2.15. The summed E-state index contributed by atoms with van der Waals surface area (Å²) >= 11 is 6.01. The number of rotatable bonds is 4. The van der Waals surface area contributed by atoms with Gasteiger partial charge in [-0.1, -0.05) is 11.6 Å². The lowest BCUT2D eigenvalue weighted by atomic mass is 10.1. The number of carbonyl (C=O) groups is 1. The monoisotopic (exact) mass is 224 g/mol. The molecule has 3 heteroatoms. The van der Waals surface area contributed by atoms with Crippen LogP contribution < -0.4 is 4.74 Å². The maximum Gasteiger partial charge on any atom is 0.164 e. The van der Waals surface area contributed by atoms with Gasteiger partial charge >= 0.3 is 0 Å². The van der Waals surface area contributed by atoms with Gasteiger partial charge in [-0.3, -0.25) is 4.79 Å². The van der Waals surface area contributed by atoms with E-state index in [0.29, 0.717) is 28.7 Å². The molecule has 1 saturated carbocycles. The summed E-state index contributed by atoms with van der Waals surface area (Å²) in [5.74, 6) is 1.42. The molecule has 1 aromatic rings. The number of benzene rings is 1. The van der Waals surface area contributed by atoms with Crippen LogP contribution in [-0.4, -0.2) is 12.9 Å². The van der Waals surface area contributed by atoms with Gasteiger partial charge in [0.15, 0.2) is 5.78 Å². The average Bonchev–Trinajstić information content (AvgIpc) is 3.01. The summed E-state index contributed by atoms with van der Waals surface area (Å²) in [7, 11) is 1.58. The molecule has 0 atom stereocenters. The molecule has 0 spiro atoms. The summed E-state index contributed by atoms with van der Waals surface area (Å²) in [5, 5.41) is 0.486. The van der Waals surface area contributed by atoms with Gasteiger partial charge in [-0.15, -0.1) is 0 Å². The fourth-order valence-electron chi connectivity index (χ4n) is 1.54. The van der Waals surface area contributed by atoms with Crippen molar-refractivity contribution < 1.29 is 9.53 Å². The van der Waals surface area contributed by atoms with Crippen LogP contribution in [0.4, 0.5) is 0 Å². The van der Waals surface area contributed by atoms with E-state index in [0.717, 1.165) is 0 Å². The van der Waals surface area contributed by atoms with Crippen LogP contribution in [0.5, 0.6) is 5.75 Å². The van der Waals surface area contributed by atoms with E-state index in [1.165, 1.54) is 12.8 Å². The zero-order valence-electron chi connectivity index (χ0n) is 8.63. The Labute approximate surface area is 94.2 Å². The Kier molecular flexibility index (Phi) is 2.96. The Morgan fingerprint density at radius 2 is 2.27 bits per heavy atom. The van der Waals surface area contributed by atoms with Crippen molar-refractivity contribution in [2.45, 2.75) is 19.3 Å². The molecule has 1 fully saturated rings. The highest BCUT2D eigenvalue weighted by Crippen LogP contribution is 2.34. The molecular weight excluding hydrogens is 212 g/mol. The number of ketones is 1. The Morgan fingerprint density at radius 1 is 1.53 bits per heavy atom. The van der Waals surface area contributed by atoms with E-state index in [-0.39, 0.29) is 5.78 Å². The van der Waals surface area contributed by atoms with Crippen LogP contribution in [0.3, 0.4) is 0 Å². The van der Waals surface area contributed by atoms with Crippen molar-refractivity contribution in [3.05, 3.63) is 28.8 Å². The predicted molar refractivity (Wildman–Crippen MR) is 59.7 cm³/mol. The van der Waals surface area contributed by atoms with Gasteiger partial charge in [0, 0.05) is 12.0 Å². The maximum absolute atomic E-state index is 11.8. The molecule has 0 radical (unpaired) electrons. The summed E-state index contributed by atoms with van der Waals surface area (Å²) in [4.78, 5) is 11.8. The van der Waals surface area contributed by atoms with Crippen molar-refractivity contribution in [1.29, 1.82) is 0 Å². The number of hydrogen-bond donors (Lipinski definition) is 0. The lowest BCUT2D eigenvalue weighted by Crippen LogP contribution is -2.01. The van der Waals surface area contributed by atoms with Crippen LogP contribution in [0.15, 0.2) is 18.2 Å². The van der Waals surface area contributed by atoms with Gasteiger partial charge in [0.25, 0.3) is 0 Å². The van der Waals surface area contributed by atoms with Gasteiger partial charge in [0.2, 0.25) is 0 Å². The van der Waals surface area contributed by atoms with Crippen LogP contribution in [0.25, 0.3) is 0 Å². The van der Waals surface area contributed by atoms with Gasteiger partial charge in [-0.2, -0.15) is 0 Å². The fourth-order valence-corrected chi connectivity index (χ4v) is 1.82. The minimum Gasteiger partial charge on any atom is -0.497 e. The number of Topliss-reactive ketones (excluding diaryl/α,β-unsaturated/α-hetero) is 1. The number of carbonyl (C=O) groups excluding carboxylic acids is 1. The predicted octanol–water partition coefficient (Wildman–Crippen LogP) is 3.33. The molecule has 2 nitrogen and oxygen atoms in total. The second-order valence-corrected chi connectivity index (χ2v) is 4.32. The number of hydrogen-bond acceptors (Lipinski definition) is 2. The zero-order valence-corrected chi connectivity index (χ0v) is 9.38. The number of methoxy groups -OCH3 is 1. The molecule has 0 bridgehead atoms. The first-order valence-corrected chi connectivity index (χ1v) is 5.45. The third-order valence-electron chi connectivity index (χ3n) is 2.65.